The van der Waals surface area contributed by atoms with Crippen molar-refractivity contribution in [2.45, 2.75) is 58.9 Å². The van der Waals surface area contributed by atoms with Gasteiger partial charge in [-0.25, -0.2) is 9.97 Å². The highest BCUT2D eigenvalue weighted by Gasteiger charge is 2.26. The minimum absolute atomic E-state index is 0.277. The predicted molar refractivity (Wildman–Crippen MR) is 122 cm³/mol. The third-order valence-corrected chi connectivity index (χ3v) is 6.47. The summed E-state index contributed by atoms with van der Waals surface area (Å²) in [4.78, 5) is 23.0. The fraction of sp³-hybridized carbons (Fsp3) is 0.435. The van der Waals surface area contributed by atoms with Gasteiger partial charge in [0.05, 0.1) is 22.4 Å². The van der Waals surface area contributed by atoms with Crippen LogP contribution in [0.4, 0.5) is 11.6 Å². The highest BCUT2D eigenvalue weighted by molar-refractivity contribution is 6.35. The van der Waals surface area contributed by atoms with Crippen molar-refractivity contribution in [2.24, 2.45) is 5.73 Å². The summed E-state index contributed by atoms with van der Waals surface area (Å²) < 4.78 is 2.32. The summed E-state index contributed by atoms with van der Waals surface area (Å²) in [7, 11) is 0. The number of benzene rings is 1. The Hall–Kier alpha value is -2.60. The molecule has 1 aliphatic heterocycles. The molecule has 3 aromatic rings. The number of halogens is 1. The number of carbonyl (C=O) groups is 1. The highest BCUT2D eigenvalue weighted by Crippen LogP contribution is 2.39. The molecule has 1 amide bonds. The number of amides is 1. The van der Waals surface area contributed by atoms with Crippen LogP contribution in [-0.2, 0) is 6.54 Å². The first kappa shape index (κ1) is 20.7. The number of fused-ring (bicyclic) bond motifs is 3. The van der Waals surface area contributed by atoms with Gasteiger partial charge in [0.2, 0.25) is 5.95 Å². The van der Waals surface area contributed by atoms with Gasteiger partial charge in [-0.1, -0.05) is 31.5 Å². The molecule has 6 nitrogen and oxygen atoms in total. The second-order valence-electron chi connectivity index (χ2n) is 7.99. The third-order valence-electron chi connectivity index (χ3n) is 6.16. The number of carbonyl (C=O) groups excluding carboxylic acids is 1. The molecule has 1 aliphatic rings. The van der Waals surface area contributed by atoms with Crippen molar-refractivity contribution in [2.75, 3.05) is 11.4 Å². The van der Waals surface area contributed by atoms with Gasteiger partial charge in [0.25, 0.3) is 5.91 Å². The standard InChI is InChI=1S/C23H28ClN5O/c1-4-15(5-2)16-8-9-17(24)20-21(16)29-11-7-6-10-28(23(29)27-20)19-13-26-18(22(25)30)12-14(19)3/h8-9,12-13,15H,4-7,10-11H2,1-3H3,(H2,25,30). The van der Waals surface area contributed by atoms with Gasteiger partial charge in [0, 0.05) is 13.1 Å². The van der Waals surface area contributed by atoms with Crippen molar-refractivity contribution >= 4 is 40.2 Å². The summed E-state index contributed by atoms with van der Waals surface area (Å²) in [6.45, 7) is 8.18. The zero-order valence-corrected chi connectivity index (χ0v) is 18.5. The molecule has 0 bridgehead atoms. The van der Waals surface area contributed by atoms with E-state index in [0.717, 1.165) is 67.0 Å². The van der Waals surface area contributed by atoms with Gasteiger partial charge in [0.1, 0.15) is 11.2 Å². The highest BCUT2D eigenvalue weighted by atomic mass is 35.5. The van der Waals surface area contributed by atoms with Gasteiger partial charge in [-0.15, -0.1) is 0 Å². The average Bonchev–Trinajstić information content (AvgIpc) is 2.99. The molecule has 0 saturated carbocycles. The Kier molecular flexibility index (Phi) is 5.69. The van der Waals surface area contributed by atoms with E-state index < -0.39 is 5.91 Å². The number of rotatable bonds is 5. The Bertz CT molecular complexity index is 1100. The van der Waals surface area contributed by atoms with E-state index in [2.05, 4.69) is 34.4 Å². The largest absolute Gasteiger partial charge is 0.364 e. The van der Waals surface area contributed by atoms with Gasteiger partial charge < -0.3 is 15.2 Å². The number of hydrogen-bond donors (Lipinski definition) is 1. The maximum Gasteiger partial charge on any atom is 0.267 e. The molecular weight excluding hydrogens is 398 g/mol. The number of hydrogen-bond acceptors (Lipinski definition) is 4. The van der Waals surface area contributed by atoms with Gasteiger partial charge in [-0.05, 0) is 61.8 Å². The van der Waals surface area contributed by atoms with E-state index >= 15 is 0 Å². The van der Waals surface area contributed by atoms with E-state index in [1.165, 1.54) is 5.56 Å². The van der Waals surface area contributed by atoms with Crippen LogP contribution in [-0.4, -0.2) is 27.0 Å². The van der Waals surface area contributed by atoms with Crippen molar-refractivity contribution in [1.29, 1.82) is 0 Å². The summed E-state index contributed by atoms with van der Waals surface area (Å²) in [5.41, 5.74) is 10.9. The number of aromatic nitrogens is 3. The molecule has 0 unspecified atom stereocenters. The summed E-state index contributed by atoms with van der Waals surface area (Å²) in [5.74, 6) is 0.842. The molecule has 2 aromatic heterocycles. The second kappa shape index (κ2) is 8.26. The summed E-state index contributed by atoms with van der Waals surface area (Å²) >= 11 is 6.60. The number of pyridine rings is 1. The van der Waals surface area contributed by atoms with Gasteiger partial charge in [-0.3, -0.25) is 4.79 Å². The lowest BCUT2D eigenvalue weighted by atomic mass is 9.93. The smallest absolute Gasteiger partial charge is 0.267 e. The Labute approximate surface area is 182 Å². The van der Waals surface area contributed by atoms with Crippen molar-refractivity contribution in [3.8, 4) is 0 Å². The molecule has 0 radical (unpaired) electrons. The van der Waals surface area contributed by atoms with Gasteiger partial charge in [0.15, 0.2) is 0 Å². The van der Waals surface area contributed by atoms with Crippen molar-refractivity contribution < 1.29 is 4.79 Å². The molecule has 0 spiro atoms. The number of anilines is 2. The zero-order chi connectivity index (χ0) is 21.4. The van der Waals surface area contributed by atoms with Crippen molar-refractivity contribution in [3.63, 3.8) is 0 Å². The minimum atomic E-state index is -0.519. The molecule has 0 saturated heterocycles. The maximum atomic E-state index is 11.5. The number of nitrogens with zero attached hydrogens (tertiary/aromatic N) is 4. The van der Waals surface area contributed by atoms with Crippen LogP contribution in [0.1, 0.15) is 67.1 Å². The number of primary amides is 1. The van der Waals surface area contributed by atoms with Crippen LogP contribution in [0.3, 0.4) is 0 Å². The molecule has 7 heteroatoms. The predicted octanol–water partition coefficient (Wildman–Crippen LogP) is 5.33. The molecular formula is C23H28ClN5O. The Morgan fingerprint density at radius 2 is 1.97 bits per heavy atom. The van der Waals surface area contributed by atoms with Gasteiger partial charge in [-0.2, -0.15) is 0 Å². The molecule has 1 aromatic carbocycles. The first-order chi connectivity index (χ1) is 14.5. The van der Waals surface area contributed by atoms with Crippen LogP contribution in [0, 0.1) is 6.92 Å². The normalized spacial score (nSPS) is 14.2. The van der Waals surface area contributed by atoms with E-state index in [-0.39, 0.29) is 5.69 Å². The maximum absolute atomic E-state index is 11.5. The Morgan fingerprint density at radius 1 is 1.23 bits per heavy atom. The molecule has 0 atom stereocenters. The lowest BCUT2D eigenvalue weighted by molar-refractivity contribution is 0.0995. The van der Waals surface area contributed by atoms with Crippen molar-refractivity contribution in [3.05, 3.63) is 46.2 Å². The summed E-state index contributed by atoms with van der Waals surface area (Å²) in [5, 5.41) is 0.680. The van der Waals surface area contributed by atoms with E-state index in [4.69, 9.17) is 22.3 Å². The topological polar surface area (TPSA) is 77.0 Å². The Balaban J connectivity index is 1.93. The lowest BCUT2D eigenvalue weighted by Gasteiger charge is -2.24. The lowest BCUT2D eigenvalue weighted by Crippen LogP contribution is -2.22. The summed E-state index contributed by atoms with van der Waals surface area (Å²) in [6, 6.07) is 5.89. The molecule has 4 rings (SSSR count). The zero-order valence-electron chi connectivity index (χ0n) is 17.8. The first-order valence-electron chi connectivity index (χ1n) is 10.7. The molecule has 0 fully saturated rings. The van der Waals surface area contributed by atoms with Crippen LogP contribution >= 0.6 is 11.6 Å². The second-order valence-corrected chi connectivity index (χ2v) is 8.40. The molecule has 3 heterocycles. The van der Waals surface area contributed by atoms with Crippen molar-refractivity contribution in [1.82, 2.24) is 14.5 Å². The third kappa shape index (κ3) is 3.43. The fourth-order valence-corrected chi connectivity index (χ4v) is 4.73. The summed E-state index contributed by atoms with van der Waals surface area (Å²) in [6.07, 6.45) is 6.00. The van der Waals surface area contributed by atoms with Crippen LogP contribution in [0.2, 0.25) is 5.02 Å². The number of aryl methyl sites for hydroxylation is 2. The first-order valence-corrected chi connectivity index (χ1v) is 11.1. The molecule has 30 heavy (non-hydrogen) atoms. The van der Waals surface area contributed by atoms with E-state index in [1.807, 2.05) is 13.0 Å². The van der Waals surface area contributed by atoms with Crippen LogP contribution in [0.5, 0.6) is 0 Å². The van der Waals surface area contributed by atoms with Crippen LogP contribution in [0.25, 0.3) is 11.0 Å². The van der Waals surface area contributed by atoms with E-state index in [9.17, 15) is 4.79 Å². The fourth-order valence-electron chi connectivity index (χ4n) is 4.53. The molecule has 2 N–H and O–H groups in total. The van der Waals surface area contributed by atoms with Crippen LogP contribution < -0.4 is 10.6 Å². The SMILES string of the molecule is CCC(CC)c1ccc(Cl)c2nc3n(c12)CCCCN3c1cnc(C(N)=O)cc1C. The Morgan fingerprint density at radius 3 is 2.63 bits per heavy atom. The molecule has 158 valence electrons. The minimum Gasteiger partial charge on any atom is -0.364 e. The monoisotopic (exact) mass is 425 g/mol. The van der Waals surface area contributed by atoms with Crippen LogP contribution in [0.15, 0.2) is 24.4 Å². The van der Waals surface area contributed by atoms with E-state index in [0.29, 0.717) is 10.9 Å². The average molecular weight is 426 g/mol. The molecule has 0 aliphatic carbocycles. The van der Waals surface area contributed by atoms with Gasteiger partial charge >= 0.3 is 0 Å². The van der Waals surface area contributed by atoms with E-state index in [1.54, 1.807) is 12.3 Å². The number of imidazole rings is 1. The number of nitrogens with two attached hydrogens (primary N) is 1. The quantitative estimate of drug-likeness (QED) is 0.599.